The zero-order valence-corrected chi connectivity index (χ0v) is 9.85. The van der Waals surface area contributed by atoms with Crippen molar-refractivity contribution in [1.82, 2.24) is 9.97 Å². The third-order valence-electron chi connectivity index (χ3n) is 3.24. The monoisotopic (exact) mass is 225 g/mol. The molecule has 2 aromatic rings. The lowest BCUT2D eigenvalue weighted by Gasteiger charge is -2.07. The van der Waals surface area contributed by atoms with Crippen molar-refractivity contribution in [3.63, 3.8) is 0 Å². The molecule has 0 spiro atoms. The van der Waals surface area contributed by atoms with Gasteiger partial charge >= 0.3 is 0 Å². The Bertz CT molecular complexity index is 522. The largest absolute Gasteiger partial charge is 0.324 e. The molecule has 0 radical (unpaired) electrons. The van der Waals surface area contributed by atoms with Gasteiger partial charge in [-0.15, -0.1) is 0 Å². The van der Waals surface area contributed by atoms with Crippen molar-refractivity contribution in [1.29, 1.82) is 0 Å². The standard InChI is InChI=1S/C14H15N3/c1-10-7-8-11-9-15-14(17-13(10)11)16-12-5-3-2-4-6-12/h2-6,9-10H,7-8H2,1H3,(H,15,16,17). The minimum atomic E-state index is 0.560. The molecule has 0 fully saturated rings. The van der Waals surface area contributed by atoms with Crippen molar-refractivity contribution in [2.24, 2.45) is 0 Å². The SMILES string of the molecule is CC1CCc2cnc(Nc3ccccc3)nc21. The quantitative estimate of drug-likeness (QED) is 0.852. The first-order chi connectivity index (χ1) is 8.33. The van der Waals surface area contributed by atoms with Crippen molar-refractivity contribution in [3.8, 4) is 0 Å². The van der Waals surface area contributed by atoms with Gasteiger partial charge in [-0.25, -0.2) is 9.97 Å². The van der Waals surface area contributed by atoms with Crippen LogP contribution in [0.1, 0.15) is 30.5 Å². The Hall–Kier alpha value is -1.90. The maximum atomic E-state index is 4.61. The zero-order valence-electron chi connectivity index (χ0n) is 9.85. The number of fused-ring (bicyclic) bond motifs is 1. The summed E-state index contributed by atoms with van der Waals surface area (Å²) < 4.78 is 0. The number of aryl methyl sites for hydroxylation is 1. The van der Waals surface area contributed by atoms with E-state index in [0.29, 0.717) is 11.9 Å². The number of hydrogen-bond donors (Lipinski definition) is 1. The van der Waals surface area contributed by atoms with E-state index in [2.05, 4.69) is 22.2 Å². The van der Waals surface area contributed by atoms with Crippen molar-refractivity contribution >= 4 is 11.6 Å². The summed E-state index contributed by atoms with van der Waals surface area (Å²) in [6.45, 7) is 2.23. The van der Waals surface area contributed by atoms with Gasteiger partial charge in [-0.3, -0.25) is 0 Å². The van der Waals surface area contributed by atoms with E-state index in [4.69, 9.17) is 0 Å². The number of aromatic nitrogens is 2. The van der Waals surface area contributed by atoms with Gasteiger partial charge in [-0.2, -0.15) is 0 Å². The number of nitrogens with one attached hydrogen (secondary N) is 1. The van der Waals surface area contributed by atoms with Crippen LogP contribution >= 0.6 is 0 Å². The van der Waals surface area contributed by atoms with Gasteiger partial charge in [0, 0.05) is 11.9 Å². The predicted octanol–water partition coefficient (Wildman–Crippen LogP) is 3.27. The van der Waals surface area contributed by atoms with Crippen molar-refractivity contribution < 1.29 is 0 Å². The number of hydrogen-bond acceptors (Lipinski definition) is 3. The lowest BCUT2D eigenvalue weighted by molar-refractivity contribution is 0.731. The maximum Gasteiger partial charge on any atom is 0.227 e. The summed E-state index contributed by atoms with van der Waals surface area (Å²) >= 11 is 0. The highest BCUT2D eigenvalue weighted by Crippen LogP contribution is 2.31. The molecule has 0 saturated heterocycles. The first kappa shape index (κ1) is 10.3. The van der Waals surface area contributed by atoms with Gasteiger partial charge in [-0.05, 0) is 36.5 Å². The molecule has 0 aliphatic heterocycles. The van der Waals surface area contributed by atoms with Crippen LogP contribution in [-0.2, 0) is 6.42 Å². The van der Waals surface area contributed by atoms with E-state index in [9.17, 15) is 0 Å². The van der Waals surface area contributed by atoms with Gasteiger partial charge in [-0.1, -0.05) is 25.1 Å². The Morgan fingerprint density at radius 3 is 2.88 bits per heavy atom. The van der Waals surface area contributed by atoms with E-state index in [1.54, 1.807) is 0 Å². The molecule has 1 atom stereocenters. The molecule has 1 aromatic carbocycles. The fourth-order valence-electron chi connectivity index (χ4n) is 2.26. The molecule has 0 saturated carbocycles. The van der Waals surface area contributed by atoms with Crippen LogP contribution < -0.4 is 5.32 Å². The number of anilines is 2. The van der Waals surface area contributed by atoms with Crippen LogP contribution in [0.15, 0.2) is 36.5 Å². The van der Waals surface area contributed by atoms with Crippen molar-refractivity contribution in [2.75, 3.05) is 5.32 Å². The fourth-order valence-corrected chi connectivity index (χ4v) is 2.26. The molecule has 1 N–H and O–H groups in total. The van der Waals surface area contributed by atoms with Crippen LogP contribution in [0, 0.1) is 0 Å². The van der Waals surface area contributed by atoms with E-state index in [1.165, 1.54) is 17.7 Å². The fraction of sp³-hybridized carbons (Fsp3) is 0.286. The molecule has 1 unspecified atom stereocenters. The summed E-state index contributed by atoms with van der Waals surface area (Å²) in [7, 11) is 0. The predicted molar refractivity (Wildman–Crippen MR) is 68.5 cm³/mol. The third kappa shape index (κ3) is 2.00. The second-order valence-corrected chi connectivity index (χ2v) is 4.53. The number of para-hydroxylation sites is 1. The summed E-state index contributed by atoms with van der Waals surface area (Å²) in [4.78, 5) is 8.97. The first-order valence-corrected chi connectivity index (χ1v) is 6.01. The molecule has 17 heavy (non-hydrogen) atoms. The smallest absolute Gasteiger partial charge is 0.227 e. The molecular formula is C14H15N3. The van der Waals surface area contributed by atoms with Crippen LogP contribution in [0.3, 0.4) is 0 Å². The maximum absolute atomic E-state index is 4.61. The third-order valence-corrected chi connectivity index (χ3v) is 3.24. The second kappa shape index (κ2) is 4.17. The molecule has 0 bridgehead atoms. The lowest BCUT2D eigenvalue weighted by Crippen LogP contribution is -2.01. The van der Waals surface area contributed by atoms with E-state index in [-0.39, 0.29) is 0 Å². The van der Waals surface area contributed by atoms with E-state index < -0.39 is 0 Å². The average Bonchev–Trinajstić information content (AvgIpc) is 2.73. The Morgan fingerprint density at radius 1 is 1.24 bits per heavy atom. The number of nitrogens with zero attached hydrogens (tertiary/aromatic N) is 2. The minimum absolute atomic E-state index is 0.560. The Kier molecular flexibility index (Phi) is 2.52. The first-order valence-electron chi connectivity index (χ1n) is 6.01. The van der Waals surface area contributed by atoms with E-state index in [1.807, 2.05) is 36.5 Å². The minimum Gasteiger partial charge on any atom is -0.324 e. The second-order valence-electron chi connectivity index (χ2n) is 4.53. The molecular weight excluding hydrogens is 210 g/mol. The van der Waals surface area contributed by atoms with Gasteiger partial charge in [0.15, 0.2) is 0 Å². The highest BCUT2D eigenvalue weighted by atomic mass is 15.1. The van der Waals surface area contributed by atoms with Crippen LogP contribution in [0.5, 0.6) is 0 Å². The molecule has 1 aliphatic rings. The molecule has 3 nitrogen and oxygen atoms in total. The number of rotatable bonds is 2. The summed E-state index contributed by atoms with van der Waals surface area (Å²) in [6, 6.07) is 10.0. The Morgan fingerprint density at radius 2 is 2.06 bits per heavy atom. The molecule has 1 aliphatic carbocycles. The van der Waals surface area contributed by atoms with Gasteiger partial charge in [0.1, 0.15) is 0 Å². The van der Waals surface area contributed by atoms with Crippen LogP contribution in [-0.4, -0.2) is 9.97 Å². The molecule has 3 rings (SSSR count). The zero-order chi connectivity index (χ0) is 11.7. The van der Waals surface area contributed by atoms with Gasteiger partial charge in [0.2, 0.25) is 5.95 Å². The molecule has 1 aromatic heterocycles. The lowest BCUT2D eigenvalue weighted by atomic mass is 10.1. The average molecular weight is 225 g/mol. The number of benzene rings is 1. The Labute approximate surface area is 101 Å². The normalized spacial score (nSPS) is 17.8. The summed E-state index contributed by atoms with van der Waals surface area (Å²) in [5.74, 6) is 1.26. The summed E-state index contributed by atoms with van der Waals surface area (Å²) in [5, 5.41) is 3.23. The molecule has 0 amide bonds. The molecule has 3 heteroatoms. The summed E-state index contributed by atoms with van der Waals surface area (Å²) in [6.07, 6.45) is 4.26. The van der Waals surface area contributed by atoms with Gasteiger partial charge < -0.3 is 5.32 Å². The van der Waals surface area contributed by atoms with Crippen molar-refractivity contribution in [2.45, 2.75) is 25.7 Å². The van der Waals surface area contributed by atoms with Crippen LogP contribution in [0.4, 0.5) is 11.6 Å². The van der Waals surface area contributed by atoms with E-state index in [0.717, 1.165) is 12.1 Å². The van der Waals surface area contributed by atoms with Crippen LogP contribution in [0.2, 0.25) is 0 Å². The topological polar surface area (TPSA) is 37.8 Å². The van der Waals surface area contributed by atoms with Crippen molar-refractivity contribution in [3.05, 3.63) is 47.8 Å². The van der Waals surface area contributed by atoms with Gasteiger partial charge in [0.05, 0.1) is 5.69 Å². The van der Waals surface area contributed by atoms with Gasteiger partial charge in [0.25, 0.3) is 0 Å². The highest BCUT2D eigenvalue weighted by Gasteiger charge is 2.20. The summed E-state index contributed by atoms with van der Waals surface area (Å²) in [5.41, 5.74) is 3.53. The van der Waals surface area contributed by atoms with Crippen LogP contribution in [0.25, 0.3) is 0 Å². The molecule has 1 heterocycles. The molecule has 86 valence electrons. The Balaban J connectivity index is 1.88. The highest BCUT2D eigenvalue weighted by molar-refractivity contribution is 5.53. The van der Waals surface area contributed by atoms with E-state index >= 15 is 0 Å².